The van der Waals surface area contributed by atoms with Crippen molar-refractivity contribution < 1.29 is 4.74 Å². The molecule has 0 atom stereocenters. The number of aromatic nitrogens is 5. The van der Waals surface area contributed by atoms with E-state index in [0.717, 1.165) is 47.7 Å². The predicted molar refractivity (Wildman–Crippen MR) is 121 cm³/mol. The lowest BCUT2D eigenvalue weighted by molar-refractivity contribution is 0.0265. The van der Waals surface area contributed by atoms with Crippen molar-refractivity contribution in [3.63, 3.8) is 0 Å². The van der Waals surface area contributed by atoms with Crippen LogP contribution in [0.5, 0.6) is 0 Å². The largest absolute Gasteiger partial charge is 0.360 e. The molecule has 30 heavy (non-hydrogen) atoms. The third-order valence-electron chi connectivity index (χ3n) is 5.51. The van der Waals surface area contributed by atoms with Crippen LogP contribution in [0.15, 0.2) is 31.0 Å². The second-order valence-corrected chi connectivity index (χ2v) is 13.6. The average Bonchev–Trinajstić information content (AvgIpc) is 3.31. The van der Waals surface area contributed by atoms with E-state index in [1.807, 2.05) is 33.9 Å². The summed E-state index contributed by atoms with van der Waals surface area (Å²) in [7, 11) is 1.50. The molecule has 0 amide bonds. The zero-order valence-corrected chi connectivity index (χ0v) is 18.9. The molecule has 8 nitrogen and oxygen atoms in total. The van der Waals surface area contributed by atoms with Crippen molar-refractivity contribution in [3.8, 4) is 17.3 Å². The molecule has 1 aliphatic heterocycles. The van der Waals surface area contributed by atoms with Crippen molar-refractivity contribution in [1.29, 1.82) is 5.26 Å². The topological polar surface area (TPSA) is 84.8 Å². The van der Waals surface area contributed by atoms with E-state index in [1.165, 1.54) is 0 Å². The summed E-state index contributed by atoms with van der Waals surface area (Å²) in [5.41, 5.74) is 2.39. The minimum absolute atomic E-state index is 0.247. The molecule has 0 aliphatic carbocycles. The summed E-state index contributed by atoms with van der Waals surface area (Å²) in [4.78, 5) is 11.2. The van der Waals surface area contributed by atoms with Gasteiger partial charge < -0.3 is 14.2 Å². The third kappa shape index (κ3) is 4.08. The standard InChI is InChI=1S/C21H29N7OS/c1-26-13-21(14-26,6-7-22)28-12-17(11-25-28)19-18-5-8-27(20(18)24-15-23-19)16-29-9-10-30(2,3)4/h5,8,11-12,15H,6,9-10,13-14,16H2,1-4H3. The molecule has 3 aromatic heterocycles. The van der Waals surface area contributed by atoms with E-state index in [9.17, 15) is 5.26 Å². The Kier molecular flexibility index (Phi) is 5.57. The maximum Gasteiger partial charge on any atom is 0.145 e. The van der Waals surface area contributed by atoms with Gasteiger partial charge in [0.25, 0.3) is 0 Å². The normalized spacial score (nSPS) is 17.0. The number of likely N-dealkylation sites (N-methyl/N-ethyl adjacent to an activating group) is 1. The molecule has 3 aromatic rings. The van der Waals surface area contributed by atoms with Crippen molar-refractivity contribution in [3.05, 3.63) is 31.0 Å². The number of nitrogens with zero attached hydrogens (tertiary/aromatic N) is 7. The Hall–Kier alpha value is -2.41. The average molecular weight is 428 g/mol. The van der Waals surface area contributed by atoms with Gasteiger partial charge in [-0.05, 0) is 31.9 Å². The van der Waals surface area contributed by atoms with Crippen molar-refractivity contribution >= 4 is 21.1 Å². The highest BCUT2D eigenvalue weighted by Gasteiger charge is 2.43. The first-order valence-corrected chi connectivity index (χ1v) is 13.0. The van der Waals surface area contributed by atoms with Gasteiger partial charge in [0.2, 0.25) is 0 Å². The fraction of sp³-hybridized carbons (Fsp3) is 0.524. The minimum Gasteiger partial charge on any atom is -0.360 e. The SMILES string of the molecule is CN1CC(CC#N)(n2cc(-c3ncnc4c3ccn4COCCS(C)(C)C)cn2)C1. The Balaban J connectivity index is 1.55. The lowest BCUT2D eigenvalue weighted by Gasteiger charge is -2.47. The molecular weight excluding hydrogens is 398 g/mol. The van der Waals surface area contributed by atoms with Crippen molar-refractivity contribution in [2.45, 2.75) is 18.7 Å². The molecule has 0 saturated carbocycles. The van der Waals surface area contributed by atoms with Crippen LogP contribution in [0.25, 0.3) is 22.3 Å². The Morgan fingerprint density at radius 2 is 2.07 bits per heavy atom. The fourth-order valence-electron chi connectivity index (χ4n) is 3.96. The van der Waals surface area contributed by atoms with E-state index in [1.54, 1.807) is 6.33 Å². The van der Waals surface area contributed by atoms with Crippen LogP contribution >= 0.6 is 10.0 Å². The van der Waals surface area contributed by atoms with Gasteiger partial charge in [-0.3, -0.25) is 4.68 Å². The molecule has 0 bridgehead atoms. The van der Waals surface area contributed by atoms with Crippen LogP contribution in [0.3, 0.4) is 0 Å². The van der Waals surface area contributed by atoms with Crippen LogP contribution < -0.4 is 0 Å². The molecular formula is C21H29N7OS. The zero-order valence-electron chi connectivity index (χ0n) is 18.1. The molecule has 4 rings (SSSR count). The van der Waals surface area contributed by atoms with Gasteiger partial charge >= 0.3 is 0 Å². The van der Waals surface area contributed by atoms with Crippen molar-refractivity contribution in [1.82, 2.24) is 29.2 Å². The second kappa shape index (κ2) is 8.02. The highest BCUT2D eigenvalue weighted by Crippen LogP contribution is 2.34. The molecule has 0 unspecified atom stereocenters. The fourth-order valence-corrected chi connectivity index (χ4v) is 4.58. The predicted octanol–water partition coefficient (Wildman–Crippen LogP) is 2.52. The van der Waals surface area contributed by atoms with Crippen LogP contribution in [0.1, 0.15) is 6.42 Å². The summed E-state index contributed by atoms with van der Waals surface area (Å²) in [6.07, 6.45) is 14.8. The first-order chi connectivity index (χ1) is 14.3. The Morgan fingerprint density at radius 3 is 2.77 bits per heavy atom. The lowest BCUT2D eigenvalue weighted by Crippen LogP contribution is -2.61. The van der Waals surface area contributed by atoms with Crippen LogP contribution in [0.4, 0.5) is 0 Å². The van der Waals surface area contributed by atoms with Gasteiger partial charge in [0.05, 0.1) is 31.0 Å². The van der Waals surface area contributed by atoms with Crippen LogP contribution in [0, 0.1) is 11.3 Å². The van der Waals surface area contributed by atoms with Gasteiger partial charge in [-0.1, -0.05) is 0 Å². The van der Waals surface area contributed by atoms with Gasteiger partial charge in [-0.15, -0.1) is 0 Å². The first kappa shape index (κ1) is 20.8. The maximum absolute atomic E-state index is 9.27. The summed E-state index contributed by atoms with van der Waals surface area (Å²) < 4.78 is 9.84. The van der Waals surface area contributed by atoms with Crippen LogP contribution in [0.2, 0.25) is 0 Å². The van der Waals surface area contributed by atoms with E-state index >= 15 is 0 Å². The molecule has 1 fully saturated rings. The number of likely N-dealkylation sites (tertiary alicyclic amines) is 1. The summed E-state index contributed by atoms with van der Waals surface area (Å²) in [6.45, 7) is 2.88. The summed E-state index contributed by atoms with van der Waals surface area (Å²) in [5, 5.41) is 14.8. The van der Waals surface area contributed by atoms with E-state index in [4.69, 9.17) is 4.74 Å². The van der Waals surface area contributed by atoms with Gasteiger partial charge in [0.15, 0.2) is 0 Å². The maximum atomic E-state index is 9.27. The highest BCUT2D eigenvalue weighted by atomic mass is 32.3. The highest BCUT2D eigenvalue weighted by molar-refractivity contribution is 8.32. The number of fused-ring (bicyclic) bond motifs is 1. The third-order valence-corrected chi connectivity index (χ3v) is 6.90. The van der Waals surface area contributed by atoms with Gasteiger partial charge in [0, 0.05) is 42.2 Å². The smallest absolute Gasteiger partial charge is 0.145 e. The summed E-state index contributed by atoms with van der Waals surface area (Å²) in [6, 6.07) is 4.35. The first-order valence-electron chi connectivity index (χ1n) is 9.96. The van der Waals surface area contributed by atoms with Gasteiger partial charge in [-0.25, -0.2) is 20.0 Å². The van der Waals surface area contributed by atoms with Gasteiger partial charge in [0.1, 0.15) is 24.2 Å². The molecule has 4 heterocycles. The van der Waals surface area contributed by atoms with Gasteiger partial charge in [-0.2, -0.15) is 10.4 Å². The monoisotopic (exact) mass is 427 g/mol. The molecule has 9 heteroatoms. The molecule has 0 aromatic carbocycles. The second-order valence-electron chi connectivity index (χ2n) is 8.98. The lowest BCUT2D eigenvalue weighted by atomic mass is 9.87. The Labute approximate surface area is 178 Å². The van der Waals surface area contributed by atoms with Crippen molar-refractivity contribution in [2.75, 3.05) is 51.3 Å². The molecule has 0 radical (unpaired) electrons. The number of rotatable bonds is 8. The van der Waals surface area contributed by atoms with E-state index in [2.05, 4.69) is 51.9 Å². The number of hydrogen-bond donors (Lipinski definition) is 0. The Morgan fingerprint density at radius 1 is 1.27 bits per heavy atom. The Bertz CT molecular complexity index is 1070. The van der Waals surface area contributed by atoms with E-state index in [0.29, 0.717) is 13.2 Å². The quantitative estimate of drug-likeness (QED) is 0.514. The molecule has 1 aliphatic rings. The number of hydrogen-bond acceptors (Lipinski definition) is 6. The summed E-state index contributed by atoms with van der Waals surface area (Å²) >= 11 is 0. The van der Waals surface area contributed by atoms with Crippen LogP contribution in [-0.2, 0) is 17.0 Å². The van der Waals surface area contributed by atoms with E-state index in [-0.39, 0.29) is 5.54 Å². The number of ether oxygens (including phenoxy) is 1. The summed E-state index contributed by atoms with van der Waals surface area (Å²) in [5.74, 6) is 1.09. The zero-order chi connectivity index (χ0) is 21.4. The van der Waals surface area contributed by atoms with Crippen molar-refractivity contribution in [2.24, 2.45) is 0 Å². The molecule has 0 spiro atoms. The van der Waals surface area contributed by atoms with Crippen LogP contribution in [-0.4, -0.2) is 80.5 Å². The molecule has 0 N–H and O–H groups in total. The molecule has 160 valence electrons. The molecule has 1 saturated heterocycles. The number of nitriles is 1. The van der Waals surface area contributed by atoms with E-state index < -0.39 is 10.0 Å². The minimum atomic E-state index is -0.558.